The molecule has 1 fully saturated rings. The van der Waals surface area contributed by atoms with Crippen LogP contribution in [0, 0.1) is 5.41 Å². The molecule has 4 heteroatoms. The summed E-state index contributed by atoms with van der Waals surface area (Å²) >= 11 is 0. The lowest BCUT2D eigenvalue weighted by atomic mass is 9.71. The van der Waals surface area contributed by atoms with Crippen molar-refractivity contribution in [1.29, 1.82) is 0 Å². The molecule has 4 nitrogen and oxygen atoms in total. The fraction of sp³-hybridized carbons (Fsp3) is 0.941. The highest BCUT2D eigenvalue weighted by Crippen LogP contribution is 2.38. The molecule has 124 valence electrons. The molecule has 0 spiro atoms. The van der Waals surface area contributed by atoms with Crippen molar-refractivity contribution in [2.75, 3.05) is 19.6 Å². The van der Waals surface area contributed by atoms with Crippen molar-refractivity contribution < 1.29 is 4.79 Å². The molecule has 21 heavy (non-hydrogen) atoms. The first kappa shape index (κ1) is 18.4. The lowest BCUT2D eigenvalue weighted by Crippen LogP contribution is -2.44. The van der Waals surface area contributed by atoms with E-state index in [2.05, 4.69) is 37.9 Å². The van der Waals surface area contributed by atoms with Gasteiger partial charge in [0.05, 0.1) is 0 Å². The molecule has 0 aromatic heterocycles. The van der Waals surface area contributed by atoms with Crippen molar-refractivity contribution in [3.8, 4) is 0 Å². The summed E-state index contributed by atoms with van der Waals surface area (Å²) in [6.07, 6.45) is 6.56. The monoisotopic (exact) mass is 297 g/mol. The van der Waals surface area contributed by atoms with E-state index in [0.29, 0.717) is 25.0 Å². The normalized spacial score (nSPS) is 18.5. The molecule has 0 aliphatic heterocycles. The van der Waals surface area contributed by atoms with E-state index in [9.17, 15) is 4.79 Å². The Morgan fingerprint density at radius 2 is 1.71 bits per heavy atom. The zero-order chi connectivity index (χ0) is 15.9. The number of nitrogens with two attached hydrogens (primary N) is 1. The predicted octanol–water partition coefficient (Wildman–Crippen LogP) is 2.52. The van der Waals surface area contributed by atoms with Crippen LogP contribution in [0.3, 0.4) is 0 Å². The molecule has 0 aromatic carbocycles. The van der Waals surface area contributed by atoms with Gasteiger partial charge in [-0.05, 0) is 52.5 Å². The maximum atomic E-state index is 12.2. The quantitative estimate of drug-likeness (QED) is 0.724. The van der Waals surface area contributed by atoms with Crippen LogP contribution in [0.2, 0.25) is 0 Å². The van der Waals surface area contributed by atoms with Gasteiger partial charge in [0.15, 0.2) is 0 Å². The van der Waals surface area contributed by atoms with E-state index in [0.717, 1.165) is 25.9 Å². The Labute approximate surface area is 130 Å². The number of hydrogen-bond donors (Lipinski definition) is 2. The third-order valence-electron chi connectivity index (χ3n) is 4.90. The Morgan fingerprint density at radius 1 is 1.14 bits per heavy atom. The van der Waals surface area contributed by atoms with Crippen LogP contribution < -0.4 is 11.1 Å². The van der Waals surface area contributed by atoms with Crippen LogP contribution in [0.25, 0.3) is 0 Å². The van der Waals surface area contributed by atoms with Gasteiger partial charge < -0.3 is 11.1 Å². The van der Waals surface area contributed by atoms with Crippen molar-refractivity contribution in [3.63, 3.8) is 0 Å². The van der Waals surface area contributed by atoms with E-state index in [1.54, 1.807) is 0 Å². The minimum Gasteiger partial charge on any atom is -0.355 e. The van der Waals surface area contributed by atoms with E-state index in [4.69, 9.17) is 5.73 Å². The van der Waals surface area contributed by atoms with Crippen molar-refractivity contribution in [2.45, 2.75) is 78.3 Å². The van der Waals surface area contributed by atoms with Crippen molar-refractivity contribution in [2.24, 2.45) is 11.1 Å². The summed E-state index contributed by atoms with van der Waals surface area (Å²) in [5.74, 6) is 0.176. The molecule has 1 saturated carbocycles. The van der Waals surface area contributed by atoms with Crippen molar-refractivity contribution >= 4 is 5.91 Å². The van der Waals surface area contributed by atoms with Crippen molar-refractivity contribution in [1.82, 2.24) is 10.2 Å². The van der Waals surface area contributed by atoms with Gasteiger partial charge in [-0.1, -0.05) is 19.3 Å². The number of rotatable bonds is 8. The zero-order valence-electron chi connectivity index (χ0n) is 14.5. The van der Waals surface area contributed by atoms with Gasteiger partial charge >= 0.3 is 0 Å². The Kier molecular flexibility index (Phi) is 7.67. The second-order valence-corrected chi connectivity index (χ2v) is 7.22. The van der Waals surface area contributed by atoms with E-state index in [1.807, 2.05) is 0 Å². The molecule has 3 N–H and O–H groups in total. The van der Waals surface area contributed by atoms with Crippen LogP contribution in [0.5, 0.6) is 0 Å². The maximum Gasteiger partial charge on any atom is 0.220 e. The fourth-order valence-corrected chi connectivity index (χ4v) is 3.60. The number of carbonyl (C=O) groups excluding carboxylic acids is 1. The van der Waals surface area contributed by atoms with Gasteiger partial charge in [0.2, 0.25) is 5.91 Å². The second-order valence-electron chi connectivity index (χ2n) is 7.22. The molecule has 0 unspecified atom stereocenters. The fourth-order valence-electron chi connectivity index (χ4n) is 3.60. The van der Waals surface area contributed by atoms with Gasteiger partial charge in [-0.3, -0.25) is 9.69 Å². The standard InChI is InChI=1S/C17H35N3O/c1-14(2)20(15(3)4)11-10-19-16(21)12-17(13-18)8-6-5-7-9-17/h14-15H,5-13,18H2,1-4H3,(H,19,21). The smallest absolute Gasteiger partial charge is 0.220 e. The number of hydrogen-bond acceptors (Lipinski definition) is 3. The number of nitrogens with one attached hydrogen (secondary N) is 1. The third-order valence-corrected chi connectivity index (χ3v) is 4.90. The van der Waals surface area contributed by atoms with Gasteiger partial charge in [0, 0.05) is 31.6 Å². The van der Waals surface area contributed by atoms with E-state index < -0.39 is 0 Å². The third kappa shape index (κ3) is 5.95. The molecule has 1 aliphatic rings. The Hall–Kier alpha value is -0.610. The number of nitrogens with zero attached hydrogens (tertiary/aromatic N) is 1. The maximum absolute atomic E-state index is 12.2. The average Bonchev–Trinajstić information content (AvgIpc) is 2.43. The summed E-state index contributed by atoms with van der Waals surface area (Å²) in [4.78, 5) is 14.6. The summed E-state index contributed by atoms with van der Waals surface area (Å²) in [5.41, 5.74) is 6.02. The van der Waals surface area contributed by atoms with E-state index in [-0.39, 0.29) is 11.3 Å². The lowest BCUT2D eigenvalue weighted by Gasteiger charge is -2.36. The van der Waals surface area contributed by atoms with Crippen LogP contribution in [0.15, 0.2) is 0 Å². The average molecular weight is 297 g/mol. The highest BCUT2D eigenvalue weighted by atomic mass is 16.1. The number of amides is 1. The van der Waals surface area contributed by atoms with Gasteiger partial charge in [0.1, 0.15) is 0 Å². The van der Waals surface area contributed by atoms with Crippen LogP contribution in [-0.2, 0) is 4.79 Å². The first-order valence-corrected chi connectivity index (χ1v) is 8.63. The molecule has 0 radical (unpaired) electrons. The molecule has 0 heterocycles. The molecule has 0 atom stereocenters. The molecule has 1 aliphatic carbocycles. The molecule has 1 rings (SSSR count). The highest BCUT2D eigenvalue weighted by molar-refractivity contribution is 5.76. The first-order valence-electron chi connectivity index (χ1n) is 8.63. The summed E-state index contributed by atoms with van der Waals surface area (Å²) < 4.78 is 0. The van der Waals surface area contributed by atoms with E-state index >= 15 is 0 Å². The molecule has 0 aromatic rings. The first-order chi connectivity index (χ1) is 9.90. The van der Waals surface area contributed by atoms with Gasteiger partial charge in [-0.2, -0.15) is 0 Å². The molecular weight excluding hydrogens is 262 g/mol. The van der Waals surface area contributed by atoms with E-state index in [1.165, 1.54) is 19.3 Å². The van der Waals surface area contributed by atoms with Crippen LogP contribution in [0.4, 0.5) is 0 Å². The Bertz CT molecular complexity index is 301. The lowest BCUT2D eigenvalue weighted by molar-refractivity contribution is -0.124. The molecule has 0 saturated heterocycles. The number of carbonyl (C=O) groups is 1. The topological polar surface area (TPSA) is 58.4 Å². The highest BCUT2D eigenvalue weighted by Gasteiger charge is 2.32. The largest absolute Gasteiger partial charge is 0.355 e. The van der Waals surface area contributed by atoms with Crippen LogP contribution >= 0.6 is 0 Å². The van der Waals surface area contributed by atoms with Crippen LogP contribution in [-0.4, -0.2) is 42.5 Å². The van der Waals surface area contributed by atoms with Gasteiger partial charge in [0.25, 0.3) is 0 Å². The second kappa shape index (κ2) is 8.74. The molecule has 0 bridgehead atoms. The Balaban J connectivity index is 2.36. The minimum absolute atomic E-state index is 0.0676. The zero-order valence-corrected chi connectivity index (χ0v) is 14.5. The van der Waals surface area contributed by atoms with Gasteiger partial charge in [-0.25, -0.2) is 0 Å². The minimum atomic E-state index is 0.0676. The predicted molar refractivity (Wildman–Crippen MR) is 89.2 cm³/mol. The molecule has 1 amide bonds. The van der Waals surface area contributed by atoms with Gasteiger partial charge in [-0.15, -0.1) is 0 Å². The summed E-state index contributed by atoms with van der Waals surface area (Å²) in [6.45, 7) is 11.1. The Morgan fingerprint density at radius 3 is 2.19 bits per heavy atom. The summed E-state index contributed by atoms with van der Waals surface area (Å²) in [7, 11) is 0. The van der Waals surface area contributed by atoms with Crippen LogP contribution in [0.1, 0.15) is 66.2 Å². The summed E-state index contributed by atoms with van der Waals surface area (Å²) in [6, 6.07) is 1.02. The summed E-state index contributed by atoms with van der Waals surface area (Å²) in [5, 5.41) is 3.09. The SMILES string of the molecule is CC(C)N(CCNC(=O)CC1(CN)CCCCC1)C(C)C. The van der Waals surface area contributed by atoms with Crippen molar-refractivity contribution in [3.05, 3.63) is 0 Å². The molecular formula is C17H35N3O.